The van der Waals surface area contributed by atoms with E-state index in [0.29, 0.717) is 22.9 Å². The zero-order valence-electron chi connectivity index (χ0n) is 18.8. The van der Waals surface area contributed by atoms with Crippen LogP contribution in [0.4, 0.5) is 11.4 Å². The molecule has 0 fully saturated rings. The highest BCUT2D eigenvalue weighted by Crippen LogP contribution is 2.32. The summed E-state index contributed by atoms with van der Waals surface area (Å²) in [7, 11) is -0.626. The fourth-order valence-electron chi connectivity index (χ4n) is 3.02. The van der Waals surface area contributed by atoms with E-state index in [1.165, 1.54) is 23.9 Å². The fourth-order valence-corrected chi connectivity index (χ4v) is 4.87. The van der Waals surface area contributed by atoms with Crippen molar-refractivity contribution in [1.29, 1.82) is 0 Å². The summed E-state index contributed by atoms with van der Waals surface area (Å²) in [6.45, 7) is 3.74. The number of benzene rings is 3. The third kappa shape index (κ3) is 6.43. The minimum Gasteiger partial charge on any atom is -0.493 e. The third-order valence-electron chi connectivity index (χ3n) is 4.81. The number of hydrogen-bond donors (Lipinski definition) is 2. The van der Waals surface area contributed by atoms with Crippen molar-refractivity contribution in [2.24, 2.45) is 0 Å². The van der Waals surface area contributed by atoms with E-state index in [1.54, 1.807) is 44.6 Å². The van der Waals surface area contributed by atoms with E-state index in [2.05, 4.69) is 10.0 Å². The first kappa shape index (κ1) is 24.5. The van der Waals surface area contributed by atoms with Gasteiger partial charge in [-0.3, -0.25) is 9.52 Å². The van der Waals surface area contributed by atoms with Crippen LogP contribution >= 0.6 is 11.8 Å². The number of carbonyl (C=O) groups is 1. The van der Waals surface area contributed by atoms with Gasteiger partial charge in [0.25, 0.3) is 10.0 Å². The predicted octanol–water partition coefficient (Wildman–Crippen LogP) is 4.85. The molecule has 1 amide bonds. The van der Waals surface area contributed by atoms with Gasteiger partial charge < -0.3 is 14.8 Å². The number of ether oxygens (including phenoxy) is 2. The lowest BCUT2D eigenvalue weighted by Gasteiger charge is -2.12. The molecule has 7 nitrogen and oxygen atoms in total. The van der Waals surface area contributed by atoms with Gasteiger partial charge in [0.05, 0.1) is 30.6 Å². The second kappa shape index (κ2) is 10.6. The number of nitrogens with one attached hydrogen (secondary N) is 2. The summed E-state index contributed by atoms with van der Waals surface area (Å²) >= 11 is 1.35. The Bertz CT molecular complexity index is 1240. The van der Waals surface area contributed by atoms with E-state index in [1.807, 2.05) is 32.0 Å². The molecule has 33 heavy (non-hydrogen) atoms. The number of carbonyl (C=O) groups excluding carboxylic acids is 1. The Morgan fingerprint density at radius 1 is 0.909 bits per heavy atom. The smallest absolute Gasteiger partial charge is 0.261 e. The Morgan fingerprint density at radius 3 is 2.27 bits per heavy atom. The van der Waals surface area contributed by atoms with Crippen LogP contribution in [0.3, 0.4) is 0 Å². The second-order valence-electron chi connectivity index (χ2n) is 7.30. The summed E-state index contributed by atoms with van der Waals surface area (Å²) in [5.74, 6) is 1.19. The van der Waals surface area contributed by atoms with Crippen LogP contribution in [0.1, 0.15) is 11.1 Å². The highest BCUT2D eigenvalue weighted by atomic mass is 32.2. The van der Waals surface area contributed by atoms with Crippen molar-refractivity contribution in [3.63, 3.8) is 0 Å². The standard InChI is InChI=1S/C24H26N2O5S2/c1-16-5-6-17(2)21(13-16)26-33(28,29)20-10-7-18(8-11-20)25-24(27)15-32-19-9-12-22(30-3)23(14-19)31-4/h5-14,26H,15H2,1-4H3,(H,25,27). The lowest BCUT2D eigenvalue weighted by Crippen LogP contribution is -2.15. The fraction of sp³-hybridized carbons (Fsp3) is 0.208. The molecule has 0 bridgehead atoms. The number of rotatable bonds is 9. The number of aryl methyl sites for hydroxylation is 2. The Morgan fingerprint density at radius 2 is 1.61 bits per heavy atom. The molecule has 2 N–H and O–H groups in total. The van der Waals surface area contributed by atoms with Crippen molar-refractivity contribution >= 4 is 39.1 Å². The Balaban J connectivity index is 1.60. The quantitative estimate of drug-likeness (QED) is 0.420. The van der Waals surface area contributed by atoms with E-state index >= 15 is 0 Å². The van der Waals surface area contributed by atoms with Crippen molar-refractivity contribution in [1.82, 2.24) is 0 Å². The molecule has 0 atom stereocenters. The van der Waals surface area contributed by atoms with Gasteiger partial charge in [0.2, 0.25) is 5.91 Å². The van der Waals surface area contributed by atoms with Crippen molar-refractivity contribution < 1.29 is 22.7 Å². The summed E-state index contributed by atoms with van der Waals surface area (Å²) in [5.41, 5.74) is 2.85. The molecular weight excluding hydrogens is 460 g/mol. The molecule has 174 valence electrons. The Labute approximate surface area is 198 Å². The SMILES string of the molecule is COc1ccc(SCC(=O)Nc2ccc(S(=O)(=O)Nc3cc(C)ccc3C)cc2)cc1OC. The molecule has 0 heterocycles. The number of amides is 1. The van der Waals surface area contributed by atoms with E-state index in [0.717, 1.165) is 16.0 Å². The predicted molar refractivity (Wildman–Crippen MR) is 132 cm³/mol. The average Bonchev–Trinajstić information content (AvgIpc) is 2.80. The summed E-state index contributed by atoms with van der Waals surface area (Å²) < 4.78 is 38.6. The van der Waals surface area contributed by atoms with Crippen molar-refractivity contribution in [3.05, 3.63) is 71.8 Å². The summed E-state index contributed by atoms with van der Waals surface area (Å²) in [5, 5.41) is 2.78. The highest BCUT2D eigenvalue weighted by Gasteiger charge is 2.16. The minimum atomic E-state index is -3.75. The Kier molecular flexibility index (Phi) is 7.88. The van der Waals surface area contributed by atoms with E-state index in [9.17, 15) is 13.2 Å². The maximum atomic E-state index is 12.7. The molecule has 0 aliphatic heterocycles. The molecule has 0 saturated carbocycles. The maximum absolute atomic E-state index is 12.7. The molecule has 9 heteroatoms. The van der Waals surface area contributed by atoms with Crippen molar-refractivity contribution in [2.75, 3.05) is 30.0 Å². The number of methoxy groups -OCH3 is 2. The first-order valence-electron chi connectivity index (χ1n) is 10.1. The summed E-state index contributed by atoms with van der Waals surface area (Å²) in [4.78, 5) is 13.3. The first-order valence-corrected chi connectivity index (χ1v) is 12.5. The summed E-state index contributed by atoms with van der Waals surface area (Å²) in [6, 6.07) is 17.1. The number of anilines is 2. The molecule has 3 rings (SSSR count). The lowest BCUT2D eigenvalue weighted by molar-refractivity contribution is -0.113. The Hall–Kier alpha value is -3.17. The molecule has 0 aliphatic rings. The number of thioether (sulfide) groups is 1. The van der Waals surface area contributed by atoms with Crippen LogP contribution in [0.25, 0.3) is 0 Å². The first-order chi connectivity index (χ1) is 15.7. The molecule has 0 aliphatic carbocycles. The molecule has 3 aromatic rings. The van der Waals surface area contributed by atoms with Crippen LogP contribution in [0.5, 0.6) is 11.5 Å². The molecule has 0 spiro atoms. The van der Waals surface area contributed by atoms with Gasteiger partial charge >= 0.3 is 0 Å². The molecule has 0 radical (unpaired) electrons. The van der Waals surface area contributed by atoms with E-state index in [4.69, 9.17) is 9.47 Å². The van der Waals surface area contributed by atoms with Crippen LogP contribution in [-0.2, 0) is 14.8 Å². The van der Waals surface area contributed by atoms with Gasteiger partial charge in [0.15, 0.2) is 11.5 Å². The topological polar surface area (TPSA) is 93.7 Å². The normalized spacial score (nSPS) is 11.0. The van der Waals surface area contributed by atoms with Crippen LogP contribution in [-0.4, -0.2) is 34.3 Å². The van der Waals surface area contributed by atoms with Gasteiger partial charge in [-0.1, -0.05) is 12.1 Å². The van der Waals surface area contributed by atoms with Crippen LogP contribution < -0.4 is 19.5 Å². The molecule has 0 aromatic heterocycles. The molecular formula is C24H26N2O5S2. The van der Waals surface area contributed by atoms with E-state index < -0.39 is 10.0 Å². The number of sulfonamides is 1. The van der Waals surface area contributed by atoms with Gasteiger partial charge in [-0.2, -0.15) is 0 Å². The van der Waals surface area contributed by atoms with Gasteiger partial charge in [-0.15, -0.1) is 11.8 Å². The minimum absolute atomic E-state index is 0.112. The summed E-state index contributed by atoms with van der Waals surface area (Å²) in [6.07, 6.45) is 0. The van der Waals surface area contributed by atoms with Gasteiger partial charge in [0, 0.05) is 10.6 Å². The van der Waals surface area contributed by atoms with Crippen LogP contribution in [0.2, 0.25) is 0 Å². The zero-order chi connectivity index (χ0) is 24.0. The lowest BCUT2D eigenvalue weighted by atomic mass is 10.1. The van der Waals surface area contributed by atoms with Crippen LogP contribution in [0, 0.1) is 13.8 Å². The molecule has 0 saturated heterocycles. The monoisotopic (exact) mass is 486 g/mol. The largest absolute Gasteiger partial charge is 0.493 e. The van der Waals surface area contributed by atoms with Crippen molar-refractivity contribution in [3.8, 4) is 11.5 Å². The zero-order valence-corrected chi connectivity index (χ0v) is 20.5. The average molecular weight is 487 g/mol. The van der Waals surface area contributed by atoms with Gasteiger partial charge in [-0.05, 0) is 73.5 Å². The van der Waals surface area contributed by atoms with E-state index in [-0.39, 0.29) is 16.6 Å². The molecule has 0 unspecified atom stereocenters. The van der Waals surface area contributed by atoms with Crippen LogP contribution in [0.15, 0.2) is 70.5 Å². The third-order valence-corrected chi connectivity index (χ3v) is 7.19. The second-order valence-corrected chi connectivity index (χ2v) is 10.0. The molecule has 3 aromatic carbocycles. The number of hydrogen-bond acceptors (Lipinski definition) is 6. The highest BCUT2D eigenvalue weighted by molar-refractivity contribution is 8.00. The van der Waals surface area contributed by atoms with Gasteiger partial charge in [-0.25, -0.2) is 8.42 Å². The van der Waals surface area contributed by atoms with Crippen molar-refractivity contribution in [2.45, 2.75) is 23.6 Å². The maximum Gasteiger partial charge on any atom is 0.261 e. The van der Waals surface area contributed by atoms with Gasteiger partial charge in [0.1, 0.15) is 0 Å².